The van der Waals surface area contributed by atoms with E-state index in [0.29, 0.717) is 18.4 Å². The molecule has 2 aliphatic heterocycles. The van der Waals surface area contributed by atoms with Crippen LogP contribution in [0, 0.1) is 21.6 Å². The van der Waals surface area contributed by atoms with Crippen LogP contribution < -0.4 is 164 Å². The minimum absolute atomic E-state index is 0.00458. The summed E-state index contributed by atoms with van der Waals surface area (Å²) >= 11 is 0. The van der Waals surface area contributed by atoms with Crippen molar-refractivity contribution in [2.75, 3.05) is 77.0 Å². The lowest BCUT2D eigenvalue weighted by atomic mass is 10.0. The maximum Gasteiger partial charge on any atom is 0.312 e. The fourth-order valence-corrected chi connectivity index (χ4v) is 16.8. The number of benzene rings is 2. The lowest BCUT2D eigenvalue weighted by molar-refractivity contribution is -0.142. The molecule has 139 heavy (non-hydrogen) atoms. The van der Waals surface area contributed by atoms with Crippen molar-refractivity contribution in [3.05, 3.63) is 59.7 Å². The van der Waals surface area contributed by atoms with E-state index in [1.807, 2.05) is 0 Å². The third-order valence-corrected chi connectivity index (χ3v) is 24.3. The zero-order valence-electron chi connectivity index (χ0n) is 77.6. The van der Waals surface area contributed by atoms with Crippen LogP contribution in [0.5, 0.6) is 11.5 Å². The number of rotatable bonds is 49. The molecule has 0 aliphatic carbocycles. The maximum atomic E-state index is 15.8. The first kappa shape index (κ1) is 117. The van der Waals surface area contributed by atoms with Gasteiger partial charge < -0.3 is 179 Å². The van der Waals surface area contributed by atoms with Crippen molar-refractivity contribution in [2.45, 2.75) is 239 Å². The summed E-state index contributed by atoms with van der Waals surface area (Å²) in [5.41, 5.74) is 63.1. The van der Waals surface area contributed by atoms with Gasteiger partial charge in [-0.2, -0.15) is 0 Å². The lowest BCUT2D eigenvalue weighted by Gasteiger charge is -2.31. The normalized spacial score (nSPS) is 20.4. The number of nitrogens with one attached hydrogen (secondary N) is 23. The van der Waals surface area contributed by atoms with Crippen molar-refractivity contribution in [3.8, 4) is 11.5 Å². The Kier molecular flexibility index (Phi) is 54.2. The quantitative estimate of drug-likeness (QED) is 0.0127. The van der Waals surface area contributed by atoms with Crippen LogP contribution >= 0.6 is 21.6 Å². The molecule has 0 unspecified atom stereocenters. The summed E-state index contributed by atoms with van der Waals surface area (Å²) in [7, 11) is 1.44. The molecule has 0 saturated carbocycles. The second-order valence-electron chi connectivity index (χ2n) is 33.0. The van der Waals surface area contributed by atoms with Gasteiger partial charge in [-0.25, -0.2) is 14.4 Å². The average Bonchev–Trinajstić information content (AvgIpc) is 1.64. The molecule has 2 fully saturated rings. The number of hydrogen-bond donors (Lipinski definition) is 36. The molecule has 2 aromatic rings. The Bertz CT molecular complexity index is 4440. The number of carbonyl (C=O) groups is 17. The summed E-state index contributed by atoms with van der Waals surface area (Å²) in [4.78, 5) is 247. The predicted molar refractivity (Wildman–Crippen MR) is 516 cm³/mol. The van der Waals surface area contributed by atoms with Crippen molar-refractivity contribution in [1.29, 1.82) is 21.6 Å². The van der Waals surface area contributed by atoms with Gasteiger partial charge >= 0.3 is 18.1 Å². The van der Waals surface area contributed by atoms with Gasteiger partial charge in [0, 0.05) is 76.7 Å². The van der Waals surface area contributed by atoms with Crippen molar-refractivity contribution in [2.24, 2.45) is 63.1 Å². The van der Waals surface area contributed by atoms with Gasteiger partial charge in [-0.05, 0) is 190 Å². The maximum absolute atomic E-state index is 15.8. The number of guanidine groups is 4. The van der Waals surface area contributed by atoms with E-state index in [2.05, 4.69) is 101 Å². The van der Waals surface area contributed by atoms with Crippen molar-refractivity contribution in [3.63, 3.8) is 0 Å². The number of carbonyl (C=O) groups excluding carboxylic acids is 17. The zero-order valence-corrected chi connectivity index (χ0v) is 79.2. The Morgan fingerprint density at radius 1 is 0.388 bits per heavy atom. The molecule has 0 spiro atoms. The molecule has 2 aromatic carbocycles. The van der Waals surface area contributed by atoms with Crippen LogP contribution in [-0.2, 0) is 80.0 Å². The van der Waals surface area contributed by atoms with E-state index < -0.39 is 234 Å². The third kappa shape index (κ3) is 47.1. The number of nitrogens with zero attached hydrogens (tertiary/aromatic N) is 1. The van der Waals surface area contributed by atoms with E-state index in [-0.39, 0.29) is 211 Å². The number of aromatic hydroxyl groups is 2. The van der Waals surface area contributed by atoms with Gasteiger partial charge in [0.05, 0.1) is 6.04 Å². The smallest absolute Gasteiger partial charge is 0.312 e. The molecular weight excluding hydrogens is 1860 g/mol. The molecule has 2 aliphatic rings. The summed E-state index contributed by atoms with van der Waals surface area (Å²) < 4.78 is 0. The third-order valence-electron chi connectivity index (χ3n) is 21.8. The minimum atomic E-state index is -1.92. The SMILES string of the molecule is N=C(N)NCCC[C@H](NC(=O)[C@@H]1CSSC[C@H](NC(=O)[C@H](CCCNC(=N)N)NC(=O)[C@H](CCCNC(=N)N)NC(=O)[C@@H](N)CCCNC(N)=O)C(=O)N[C@@H](Cc2ccc(O)cc2)C(=O)N[C@@H](CCCNC(N)=O)C(=O)N[C@@H](CCCCN)C(=O)N[C@H](CCCCN)C(=O)N2CCC[C@H]2C(=O)N[C@@H](Cc2ccc(O)cc2)C(=O)N[C@@H](CCCNC(=N)N)C(=O)N[C@@H](CCCNC(N)=O)C(=O)N1)C(N)=O. The Hall–Kier alpha value is -13.9. The van der Waals surface area contributed by atoms with Gasteiger partial charge in [0.1, 0.15) is 90.0 Å². The fraction of sp³-hybridized carbons (Fsp3) is 0.602. The van der Waals surface area contributed by atoms with Gasteiger partial charge in [0.2, 0.25) is 82.7 Å². The summed E-state index contributed by atoms with van der Waals surface area (Å²) in [6.45, 7) is -0.431. The molecule has 774 valence electrons. The van der Waals surface area contributed by atoms with Crippen LogP contribution in [0.2, 0.25) is 0 Å². The number of amides is 20. The monoisotopic (exact) mass is 2000 g/mol. The number of hydrogen-bond acceptors (Lipinski definition) is 28. The van der Waals surface area contributed by atoms with E-state index in [4.69, 9.17) is 84.7 Å². The first-order valence-corrected chi connectivity index (χ1v) is 48.2. The number of urea groups is 3. The molecule has 2 saturated heterocycles. The fourth-order valence-electron chi connectivity index (χ4n) is 14.5. The van der Waals surface area contributed by atoms with Gasteiger partial charge in [0.25, 0.3) is 0 Å². The van der Waals surface area contributed by atoms with E-state index in [0.717, 1.165) is 21.6 Å². The highest BCUT2D eigenvalue weighted by atomic mass is 33.1. The van der Waals surface area contributed by atoms with Gasteiger partial charge in [-0.15, -0.1) is 0 Å². The highest BCUT2D eigenvalue weighted by molar-refractivity contribution is 8.76. The van der Waals surface area contributed by atoms with Crippen LogP contribution in [0.3, 0.4) is 0 Å². The minimum Gasteiger partial charge on any atom is -0.508 e. The molecule has 14 atom stereocenters. The molecular formula is C83H141N35O19S2. The Balaban J connectivity index is 2.14. The second kappa shape index (κ2) is 64.2. The Morgan fingerprint density at radius 2 is 0.734 bits per heavy atom. The number of phenols is 2. The van der Waals surface area contributed by atoms with Crippen molar-refractivity contribution in [1.82, 2.24) is 106 Å². The lowest BCUT2D eigenvalue weighted by Crippen LogP contribution is -2.61. The number of primary amides is 4. The molecule has 4 rings (SSSR count). The number of nitrogens with two attached hydrogens (primary N) is 11. The largest absolute Gasteiger partial charge is 0.508 e. The average molecular weight is 2000 g/mol. The van der Waals surface area contributed by atoms with Gasteiger partial charge in [-0.1, -0.05) is 45.9 Å². The van der Waals surface area contributed by atoms with E-state index >= 15 is 52.7 Å². The van der Waals surface area contributed by atoms with Crippen molar-refractivity contribution >= 4 is 146 Å². The molecule has 54 nitrogen and oxygen atoms in total. The van der Waals surface area contributed by atoms with Gasteiger partial charge in [0.15, 0.2) is 23.8 Å². The van der Waals surface area contributed by atoms with E-state index in [1.165, 1.54) is 53.4 Å². The predicted octanol–water partition coefficient (Wildman–Crippen LogP) is -9.44. The number of unbranched alkanes of at least 4 members (excludes halogenated alkanes) is 2. The van der Waals surface area contributed by atoms with Crippen LogP contribution in [0.1, 0.15) is 152 Å². The summed E-state index contributed by atoms with van der Waals surface area (Å²) in [5, 5.41) is 101. The Labute approximate surface area is 811 Å². The first-order chi connectivity index (χ1) is 66.1. The topological polar surface area (TPSA) is 944 Å². The first-order valence-electron chi connectivity index (χ1n) is 45.7. The van der Waals surface area contributed by atoms with Crippen molar-refractivity contribution < 1.29 is 91.7 Å². The molecule has 0 aromatic heterocycles. The highest BCUT2D eigenvalue weighted by Crippen LogP contribution is 2.26. The molecule has 20 amide bonds. The summed E-state index contributed by atoms with van der Waals surface area (Å²) in [6.07, 6.45) is -1.78. The van der Waals surface area contributed by atoms with Crippen LogP contribution in [-0.4, -0.2) is 301 Å². The molecule has 56 heteroatoms. The molecule has 2 heterocycles. The molecule has 47 N–H and O–H groups in total. The summed E-state index contributed by atoms with van der Waals surface area (Å²) in [6, 6.07) is -14.7. The van der Waals surface area contributed by atoms with Crippen LogP contribution in [0.4, 0.5) is 14.4 Å². The molecule has 0 bridgehead atoms. The highest BCUT2D eigenvalue weighted by Gasteiger charge is 2.42. The van der Waals surface area contributed by atoms with Crippen LogP contribution in [0.25, 0.3) is 0 Å². The molecule has 0 radical (unpaired) electrons. The zero-order chi connectivity index (χ0) is 103. The van der Waals surface area contributed by atoms with Gasteiger partial charge in [-0.3, -0.25) is 88.8 Å². The summed E-state index contributed by atoms with van der Waals surface area (Å²) in [5.74, 6) is -17.9. The van der Waals surface area contributed by atoms with Crippen LogP contribution in [0.15, 0.2) is 48.5 Å². The number of phenolic OH excluding ortho intramolecular Hbond substituents is 2. The Morgan fingerprint density at radius 3 is 1.16 bits per heavy atom. The standard InChI is InChI=1S/C83H141N35O19S2/c84-31-3-1-14-51-68(126)113-57(15-2-4-32-85)76(134)118-40-12-22-62(118)75(133)115-59(42-46-25-29-48(120)30-26-46)72(130)112-53(18-8-35-101-79(92)93)67(125)110-56(21-11-39-105-83(98)137)70(128)116-60(73(131)106-50(63(87)121)16-6-33-99-77(88)89)43-138-139-44-61(74(132)114-58(41-45-23-27-47(119)28-24-45)71(129)111-54(66(124)108-51)20-10-38-104-82(97)136)117-69(127)55(19-9-36-102-80(94)95)109-65(123)52(17-7-34-100-78(90)91)107-64(122)49(86)13-5-37-103-81(96)135/h23-30,49-62,119-120H,1-22,31-44,84-86H2,(H2,87,121)(H,106,131)(H,107,122)(H,108,124)(H,109,123)(H,110,125)(H,111,129)(H,112,130)(H,113,126)(H,114,132)(H,115,133)(H,116,128)(H,117,127)(H4,88,89,99)(H4,90,91,100)(H4,92,93,101)(H4,94,95,102)(H3,96,103,135)(H3,97,104,136)(H3,98,105,137)/t49-,50-,51-,52-,53-,54-,55-,56-,57+,58-,59-,60-,61-,62-/m0/s1. The number of fused-ring (bicyclic) bond motifs is 1. The van der Waals surface area contributed by atoms with E-state index in [1.54, 1.807) is 0 Å². The second-order valence-corrected chi connectivity index (χ2v) is 35.6. The van der Waals surface area contributed by atoms with E-state index in [9.17, 15) is 39.0 Å².